The van der Waals surface area contributed by atoms with E-state index >= 15 is 0 Å². The van der Waals surface area contributed by atoms with E-state index in [1.54, 1.807) is 0 Å². The Bertz CT molecular complexity index is 416. The molecule has 0 aliphatic heterocycles. The molecule has 1 aromatic rings. The summed E-state index contributed by atoms with van der Waals surface area (Å²) >= 11 is 0. The lowest BCUT2D eigenvalue weighted by Gasteiger charge is -2.13. The van der Waals surface area contributed by atoms with Gasteiger partial charge in [-0.25, -0.2) is 5.84 Å². The minimum atomic E-state index is 0.00158. The molecule has 78 valence electrons. The molecule has 1 amide bonds. The smallest absolute Gasteiger partial charge is 0.237 e. The van der Waals surface area contributed by atoms with Crippen molar-refractivity contribution in [1.29, 1.82) is 0 Å². The lowest BCUT2D eigenvalue weighted by molar-refractivity contribution is -0.122. The number of nitrogens with one attached hydrogen (secondary N) is 1. The van der Waals surface area contributed by atoms with Crippen LogP contribution in [0.1, 0.15) is 23.5 Å². The fourth-order valence-electron chi connectivity index (χ4n) is 3.02. The van der Waals surface area contributed by atoms with E-state index < -0.39 is 0 Å². The van der Waals surface area contributed by atoms with Crippen LogP contribution >= 0.6 is 0 Å². The Morgan fingerprint density at radius 2 is 2.20 bits per heavy atom. The zero-order chi connectivity index (χ0) is 10.4. The summed E-state index contributed by atoms with van der Waals surface area (Å²) in [7, 11) is 0. The molecule has 0 saturated heterocycles. The highest BCUT2D eigenvalue weighted by Crippen LogP contribution is 2.59. The number of amides is 1. The van der Waals surface area contributed by atoms with E-state index in [-0.39, 0.29) is 11.8 Å². The van der Waals surface area contributed by atoms with Crippen LogP contribution in [0.25, 0.3) is 0 Å². The van der Waals surface area contributed by atoms with Gasteiger partial charge >= 0.3 is 0 Å². The van der Waals surface area contributed by atoms with Crippen molar-refractivity contribution in [2.75, 3.05) is 0 Å². The van der Waals surface area contributed by atoms with Gasteiger partial charge in [0.15, 0.2) is 0 Å². The molecular formula is C12H14N2O. The molecule has 3 unspecified atom stereocenters. The second kappa shape index (κ2) is 3.07. The van der Waals surface area contributed by atoms with Gasteiger partial charge in [0.2, 0.25) is 5.91 Å². The molecule has 0 radical (unpaired) electrons. The number of hydrogen-bond acceptors (Lipinski definition) is 2. The zero-order valence-corrected chi connectivity index (χ0v) is 8.44. The van der Waals surface area contributed by atoms with Gasteiger partial charge in [0, 0.05) is 5.92 Å². The largest absolute Gasteiger partial charge is 0.294 e. The summed E-state index contributed by atoms with van der Waals surface area (Å²) in [6, 6.07) is 8.44. The van der Waals surface area contributed by atoms with Gasteiger partial charge in [-0.1, -0.05) is 24.3 Å². The molecule has 0 bridgehead atoms. The summed E-state index contributed by atoms with van der Waals surface area (Å²) < 4.78 is 0. The lowest BCUT2D eigenvalue weighted by atomic mass is 9.92. The SMILES string of the molecule is NNC(=O)C1C2CCc3ccccc3C21. The third-order valence-electron chi connectivity index (χ3n) is 3.77. The van der Waals surface area contributed by atoms with E-state index in [1.165, 1.54) is 11.1 Å². The van der Waals surface area contributed by atoms with Gasteiger partial charge in [-0.3, -0.25) is 10.2 Å². The number of hydrazine groups is 1. The van der Waals surface area contributed by atoms with Crippen LogP contribution in [0.2, 0.25) is 0 Å². The predicted molar refractivity (Wildman–Crippen MR) is 56.8 cm³/mol. The molecule has 1 aromatic carbocycles. The van der Waals surface area contributed by atoms with Crippen LogP contribution in [0.3, 0.4) is 0 Å². The zero-order valence-electron chi connectivity index (χ0n) is 8.44. The fourth-order valence-corrected chi connectivity index (χ4v) is 3.02. The molecule has 0 aromatic heterocycles. The van der Waals surface area contributed by atoms with E-state index in [2.05, 4.69) is 29.7 Å². The Labute approximate surface area is 88.6 Å². The second-order valence-corrected chi connectivity index (χ2v) is 4.46. The van der Waals surface area contributed by atoms with Crippen molar-refractivity contribution in [3.8, 4) is 0 Å². The maximum Gasteiger partial charge on any atom is 0.237 e. The average Bonchev–Trinajstić information content (AvgIpc) is 3.02. The van der Waals surface area contributed by atoms with Gasteiger partial charge in [-0.15, -0.1) is 0 Å². The maximum absolute atomic E-state index is 11.5. The number of nitrogens with two attached hydrogens (primary N) is 1. The molecule has 1 saturated carbocycles. The molecule has 0 spiro atoms. The van der Waals surface area contributed by atoms with Crippen molar-refractivity contribution in [1.82, 2.24) is 5.43 Å². The molecule has 2 aliphatic carbocycles. The van der Waals surface area contributed by atoms with Crippen LogP contribution in [-0.4, -0.2) is 5.91 Å². The van der Waals surface area contributed by atoms with Crippen LogP contribution < -0.4 is 11.3 Å². The van der Waals surface area contributed by atoms with E-state index in [0.717, 1.165) is 12.8 Å². The van der Waals surface area contributed by atoms with Gasteiger partial charge in [0.25, 0.3) is 0 Å². The molecule has 1 fully saturated rings. The molecule has 15 heavy (non-hydrogen) atoms. The van der Waals surface area contributed by atoms with Crippen LogP contribution in [0, 0.1) is 11.8 Å². The molecule has 3 rings (SSSR count). The topological polar surface area (TPSA) is 55.1 Å². The van der Waals surface area contributed by atoms with Crippen molar-refractivity contribution in [3.05, 3.63) is 35.4 Å². The van der Waals surface area contributed by atoms with Gasteiger partial charge in [0.1, 0.15) is 0 Å². The van der Waals surface area contributed by atoms with Gasteiger partial charge in [-0.05, 0) is 35.8 Å². The first-order chi connectivity index (χ1) is 7.33. The monoisotopic (exact) mass is 202 g/mol. The Balaban J connectivity index is 1.93. The molecule has 3 atom stereocenters. The highest BCUT2D eigenvalue weighted by atomic mass is 16.2. The first kappa shape index (κ1) is 8.92. The first-order valence-corrected chi connectivity index (χ1v) is 5.41. The molecule has 3 N–H and O–H groups in total. The summed E-state index contributed by atoms with van der Waals surface area (Å²) in [5, 5.41) is 0. The summed E-state index contributed by atoms with van der Waals surface area (Å²) in [6.45, 7) is 0. The average molecular weight is 202 g/mol. The first-order valence-electron chi connectivity index (χ1n) is 5.41. The molecular weight excluding hydrogens is 188 g/mol. The summed E-state index contributed by atoms with van der Waals surface area (Å²) in [6.07, 6.45) is 2.23. The van der Waals surface area contributed by atoms with E-state index in [0.29, 0.717) is 11.8 Å². The van der Waals surface area contributed by atoms with Crippen LogP contribution in [-0.2, 0) is 11.2 Å². The van der Waals surface area contributed by atoms with Crippen molar-refractivity contribution < 1.29 is 4.79 Å². The predicted octanol–water partition coefficient (Wildman–Crippen LogP) is 0.952. The van der Waals surface area contributed by atoms with Crippen molar-refractivity contribution in [2.45, 2.75) is 18.8 Å². The number of benzene rings is 1. The third-order valence-corrected chi connectivity index (χ3v) is 3.77. The minimum Gasteiger partial charge on any atom is -0.294 e. The quantitative estimate of drug-likeness (QED) is 0.405. The number of fused-ring (bicyclic) bond motifs is 3. The Kier molecular flexibility index (Phi) is 1.83. The van der Waals surface area contributed by atoms with Crippen molar-refractivity contribution in [3.63, 3.8) is 0 Å². The highest BCUT2D eigenvalue weighted by molar-refractivity contribution is 5.83. The highest BCUT2D eigenvalue weighted by Gasteiger charge is 2.56. The van der Waals surface area contributed by atoms with Crippen LogP contribution in [0.15, 0.2) is 24.3 Å². The van der Waals surface area contributed by atoms with Gasteiger partial charge in [-0.2, -0.15) is 0 Å². The minimum absolute atomic E-state index is 0.00158. The summed E-state index contributed by atoms with van der Waals surface area (Å²) in [5.74, 6) is 6.27. The van der Waals surface area contributed by atoms with Crippen LogP contribution in [0.4, 0.5) is 0 Å². The van der Waals surface area contributed by atoms with E-state index in [9.17, 15) is 4.79 Å². The maximum atomic E-state index is 11.5. The standard InChI is InChI=1S/C12H14N2O/c13-14-12(15)11-9-6-5-7-3-1-2-4-8(7)10(9)11/h1-4,9-11H,5-6,13H2,(H,14,15). The number of carbonyl (C=O) groups excluding carboxylic acids is 1. The fraction of sp³-hybridized carbons (Fsp3) is 0.417. The lowest BCUT2D eigenvalue weighted by Crippen LogP contribution is -2.32. The number of rotatable bonds is 1. The Morgan fingerprint density at radius 1 is 1.40 bits per heavy atom. The normalized spacial score (nSPS) is 31.4. The molecule has 3 nitrogen and oxygen atoms in total. The van der Waals surface area contributed by atoms with E-state index in [1.807, 2.05) is 0 Å². The molecule has 2 aliphatic rings. The van der Waals surface area contributed by atoms with Crippen molar-refractivity contribution >= 4 is 5.91 Å². The number of hydrogen-bond donors (Lipinski definition) is 2. The summed E-state index contributed by atoms with van der Waals surface area (Å²) in [5.41, 5.74) is 5.05. The van der Waals surface area contributed by atoms with Crippen molar-refractivity contribution in [2.24, 2.45) is 17.7 Å². The van der Waals surface area contributed by atoms with Gasteiger partial charge < -0.3 is 0 Å². The number of aryl methyl sites for hydroxylation is 1. The Hall–Kier alpha value is -1.35. The molecule has 0 heterocycles. The number of carbonyl (C=O) groups is 1. The Morgan fingerprint density at radius 3 is 3.00 bits per heavy atom. The van der Waals surface area contributed by atoms with E-state index in [4.69, 9.17) is 5.84 Å². The second-order valence-electron chi connectivity index (χ2n) is 4.46. The summed E-state index contributed by atoms with van der Waals surface area (Å²) in [4.78, 5) is 11.5. The van der Waals surface area contributed by atoms with Gasteiger partial charge in [0.05, 0.1) is 0 Å². The molecule has 3 heteroatoms. The third kappa shape index (κ3) is 1.20. The van der Waals surface area contributed by atoms with Crippen LogP contribution in [0.5, 0.6) is 0 Å².